The summed E-state index contributed by atoms with van der Waals surface area (Å²) >= 11 is 0. The van der Waals surface area contributed by atoms with Crippen molar-refractivity contribution in [1.29, 1.82) is 0 Å². The van der Waals surface area contributed by atoms with E-state index in [0.29, 0.717) is 6.42 Å². The third-order valence-electron chi connectivity index (χ3n) is 2.10. The summed E-state index contributed by atoms with van der Waals surface area (Å²) in [6, 6.07) is 0. The van der Waals surface area contributed by atoms with Crippen LogP contribution in [0.15, 0.2) is 0 Å². The zero-order valence-electron chi connectivity index (χ0n) is 8.92. The second-order valence-corrected chi connectivity index (χ2v) is 5.22. The molecule has 0 amide bonds. The SMILES string of the molecule is CCCC(CCO)CNS(=O)(=O)C(F)(F)F. The Kier molecular flexibility index (Phi) is 6.27. The Bertz CT molecular complexity index is 283. The normalized spacial score (nSPS) is 15.1. The highest BCUT2D eigenvalue weighted by Crippen LogP contribution is 2.22. The predicted molar refractivity (Wildman–Crippen MR) is 53.1 cm³/mol. The molecule has 0 aliphatic heterocycles. The molecule has 0 aromatic rings. The van der Waals surface area contributed by atoms with Gasteiger partial charge in [0.1, 0.15) is 0 Å². The van der Waals surface area contributed by atoms with Gasteiger partial charge in [-0.3, -0.25) is 0 Å². The largest absolute Gasteiger partial charge is 0.511 e. The van der Waals surface area contributed by atoms with Crippen molar-refractivity contribution in [3.05, 3.63) is 0 Å². The standard InChI is InChI=1S/C8H16F3NO3S/c1-2-3-7(4-5-13)6-12-16(14,15)8(9,10)11/h7,12-13H,2-6H2,1H3. The molecule has 0 heterocycles. The smallest absolute Gasteiger partial charge is 0.396 e. The van der Waals surface area contributed by atoms with Crippen molar-refractivity contribution in [2.24, 2.45) is 5.92 Å². The van der Waals surface area contributed by atoms with Gasteiger partial charge in [-0.15, -0.1) is 0 Å². The maximum Gasteiger partial charge on any atom is 0.511 e. The zero-order valence-corrected chi connectivity index (χ0v) is 9.74. The number of sulfonamides is 1. The fourth-order valence-corrected chi connectivity index (χ4v) is 1.87. The summed E-state index contributed by atoms with van der Waals surface area (Å²) in [6.45, 7) is 1.37. The Hall–Kier alpha value is -0.340. The van der Waals surface area contributed by atoms with Crippen molar-refractivity contribution < 1.29 is 26.7 Å². The summed E-state index contributed by atoms with van der Waals surface area (Å²) in [5.41, 5.74) is -5.27. The minimum absolute atomic E-state index is 0.168. The van der Waals surface area contributed by atoms with E-state index in [9.17, 15) is 21.6 Å². The van der Waals surface area contributed by atoms with Crippen molar-refractivity contribution in [2.75, 3.05) is 13.2 Å². The maximum absolute atomic E-state index is 12.0. The number of rotatable bonds is 7. The fraction of sp³-hybridized carbons (Fsp3) is 1.00. The van der Waals surface area contributed by atoms with Gasteiger partial charge in [0.05, 0.1) is 0 Å². The molecule has 0 aliphatic rings. The van der Waals surface area contributed by atoms with Crippen LogP contribution >= 0.6 is 0 Å². The van der Waals surface area contributed by atoms with Gasteiger partial charge in [-0.2, -0.15) is 13.2 Å². The van der Waals surface area contributed by atoms with Crippen LogP contribution in [0, 0.1) is 5.92 Å². The molecule has 0 fully saturated rings. The molecule has 2 N–H and O–H groups in total. The van der Waals surface area contributed by atoms with E-state index in [-0.39, 0.29) is 25.5 Å². The summed E-state index contributed by atoms with van der Waals surface area (Å²) in [5.74, 6) is -0.271. The lowest BCUT2D eigenvalue weighted by Gasteiger charge is -2.16. The molecular weight excluding hydrogens is 247 g/mol. The monoisotopic (exact) mass is 263 g/mol. The van der Waals surface area contributed by atoms with Crippen LogP contribution in [0.3, 0.4) is 0 Å². The first kappa shape index (κ1) is 15.7. The first-order valence-electron chi connectivity index (χ1n) is 4.91. The van der Waals surface area contributed by atoms with E-state index in [4.69, 9.17) is 5.11 Å². The third kappa shape index (κ3) is 5.13. The lowest BCUT2D eigenvalue weighted by Crippen LogP contribution is -2.39. The van der Waals surface area contributed by atoms with Crippen LogP contribution < -0.4 is 4.72 Å². The second kappa shape index (κ2) is 6.41. The molecule has 0 aromatic carbocycles. The third-order valence-corrected chi connectivity index (χ3v) is 3.26. The molecule has 0 aromatic heterocycles. The van der Waals surface area contributed by atoms with Crippen LogP contribution in [0.2, 0.25) is 0 Å². The van der Waals surface area contributed by atoms with Gasteiger partial charge in [-0.1, -0.05) is 13.3 Å². The number of hydrogen-bond acceptors (Lipinski definition) is 3. The molecule has 0 spiro atoms. The molecule has 0 rings (SSSR count). The average molecular weight is 263 g/mol. The number of alkyl halides is 3. The fourth-order valence-electron chi connectivity index (χ4n) is 1.25. The Morgan fingerprint density at radius 1 is 1.31 bits per heavy atom. The lowest BCUT2D eigenvalue weighted by molar-refractivity contribution is -0.0448. The van der Waals surface area contributed by atoms with Crippen molar-refractivity contribution in [2.45, 2.75) is 31.7 Å². The van der Waals surface area contributed by atoms with Gasteiger partial charge in [-0.25, -0.2) is 13.1 Å². The van der Waals surface area contributed by atoms with Gasteiger partial charge >= 0.3 is 15.5 Å². The molecule has 1 atom stereocenters. The predicted octanol–water partition coefficient (Wildman–Crippen LogP) is 1.22. The summed E-state index contributed by atoms with van der Waals surface area (Å²) in [6.07, 6.45) is 1.58. The summed E-state index contributed by atoms with van der Waals surface area (Å²) in [7, 11) is -5.26. The first-order chi connectivity index (χ1) is 7.24. The van der Waals surface area contributed by atoms with Crippen molar-refractivity contribution in [1.82, 2.24) is 4.72 Å². The van der Waals surface area contributed by atoms with Crippen LogP contribution in [0.1, 0.15) is 26.2 Å². The Labute approximate surface area is 92.9 Å². The highest BCUT2D eigenvalue weighted by molar-refractivity contribution is 7.90. The van der Waals surface area contributed by atoms with Crippen LogP contribution in [-0.2, 0) is 10.0 Å². The van der Waals surface area contributed by atoms with Crippen molar-refractivity contribution in [3.63, 3.8) is 0 Å². The minimum atomic E-state index is -5.27. The zero-order chi connectivity index (χ0) is 12.8. The number of halogens is 3. The van der Waals surface area contributed by atoms with Crippen LogP contribution in [0.5, 0.6) is 0 Å². The van der Waals surface area contributed by atoms with Crippen molar-refractivity contribution in [3.8, 4) is 0 Å². The molecule has 0 aliphatic carbocycles. The van der Waals surface area contributed by atoms with Gasteiger partial charge in [-0.05, 0) is 18.8 Å². The van der Waals surface area contributed by atoms with E-state index in [1.54, 1.807) is 0 Å². The van der Waals surface area contributed by atoms with E-state index < -0.39 is 15.5 Å². The molecule has 0 radical (unpaired) electrons. The topological polar surface area (TPSA) is 66.4 Å². The minimum Gasteiger partial charge on any atom is -0.396 e. The van der Waals surface area contributed by atoms with Crippen LogP contribution in [0.25, 0.3) is 0 Å². The quantitative estimate of drug-likeness (QED) is 0.726. The van der Waals surface area contributed by atoms with Gasteiger partial charge in [0, 0.05) is 13.2 Å². The summed E-state index contributed by atoms with van der Waals surface area (Å²) in [4.78, 5) is 0. The molecule has 0 bridgehead atoms. The Morgan fingerprint density at radius 2 is 1.88 bits per heavy atom. The van der Waals surface area contributed by atoms with E-state index in [2.05, 4.69) is 0 Å². The van der Waals surface area contributed by atoms with E-state index in [1.807, 2.05) is 6.92 Å². The molecule has 8 heteroatoms. The number of aliphatic hydroxyl groups excluding tert-OH is 1. The van der Waals surface area contributed by atoms with E-state index in [0.717, 1.165) is 6.42 Å². The van der Waals surface area contributed by atoms with Gasteiger partial charge in [0.25, 0.3) is 0 Å². The average Bonchev–Trinajstić information content (AvgIpc) is 2.13. The van der Waals surface area contributed by atoms with Crippen LogP contribution in [-0.4, -0.2) is 32.2 Å². The molecule has 4 nitrogen and oxygen atoms in total. The lowest BCUT2D eigenvalue weighted by atomic mass is 10.0. The molecule has 0 saturated heterocycles. The maximum atomic E-state index is 12.0. The summed E-state index contributed by atoms with van der Waals surface area (Å²) in [5, 5.41) is 8.65. The Morgan fingerprint density at radius 3 is 2.25 bits per heavy atom. The summed E-state index contributed by atoms with van der Waals surface area (Å²) < 4.78 is 58.7. The molecular formula is C8H16F3NO3S. The van der Waals surface area contributed by atoms with Gasteiger partial charge in [0.2, 0.25) is 0 Å². The molecule has 0 saturated carbocycles. The highest BCUT2D eigenvalue weighted by Gasteiger charge is 2.45. The first-order valence-corrected chi connectivity index (χ1v) is 6.39. The number of nitrogens with one attached hydrogen (secondary N) is 1. The highest BCUT2D eigenvalue weighted by atomic mass is 32.2. The number of hydrogen-bond donors (Lipinski definition) is 2. The molecule has 16 heavy (non-hydrogen) atoms. The van der Waals surface area contributed by atoms with Gasteiger partial charge < -0.3 is 5.11 Å². The number of aliphatic hydroxyl groups is 1. The van der Waals surface area contributed by atoms with Crippen molar-refractivity contribution >= 4 is 10.0 Å². The van der Waals surface area contributed by atoms with Crippen LogP contribution in [0.4, 0.5) is 13.2 Å². The molecule has 1 unspecified atom stereocenters. The van der Waals surface area contributed by atoms with E-state index >= 15 is 0 Å². The Balaban J connectivity index is 4.30. The molecule has 98 valence electrons. The van der Waals surface area contributed by atoms with Gasteiger partial charge in [0.15, 0.2) is 0 Å². The van der Waals surface area contributed by atoms with E-state index in [1.165, 1.54) is 4.72 Å². The second-order valence-electron chi connectivity index (χ2n) is 3.46.